The summed E-state index contributed by atoms with van der Waals surface area (Å²) in [6.45, 7) is 2.77. The smallest absolute Gasteiger partial charge is 0.258 e. The van der Waals surface area contributed by atoms with Crippen LogP contribution in [0.5, 0.6) is 11.5 Å². The van der Waals surface area contributed by atoms with E-state index in [1.54, 1.807) is 20.3 Å². The van der Waals surface area contributed by atoms with Gasteiger partial charge < -0.3 is 25.3 Å². The fourth-order valence-electron chi connectivity index (χ4n) is 1.87. The average Bonchev–Trinajstić information content (AvgIpc) is 2.45. The number of rotatable bonds is 9. The molecule has 21 heavy (non-hydrogen) atoms. The third-order valence-electron chi connectivity index (χ3n) is 2.80. The molecular weight excluding hydrogens is 272 g/mol. The molecule has 0 spiro atoms. The van der Waals surface area contributed by atoms with Gasteiger partial charge in [-0.1, -0.05) is 12.1 Å². The molecule has 1 aromatic carbocycles. The Balaban J connectivity index is 2.69. The zero-order valence-electron chi connectivity index (χ0n) is 12.8. The minimum atomic E-state index is -0.204. The summed E-state index contributed by atoms with van der Waals surface area (Å²) in [7, 11) is 3.15. The van der Waals surface area contributed by atoms with Gasteiger partial charge in [-0.25, -0.2) is 0 Å². The first-order valence-corrected chi connectivity index (χ1v) is 6.88. The van der Waals surface area contributed by atoms with Crippen LogP contribution in [0.1, 0.15) is 12.5 Å². The number of nitrogens with two attached hydrogens (primary N) is 1. The molecule has 1 aromatic rings. The van der Waals surface area contributed by atoms with Crippen molar-refractivity contribution in [3.63, 3.8) is 0 Å². The van der Waals surface area contributed by atoms with Crippen molar-refractivity contribution in [2.75, 3.05) is 34.0 Å². The number of hydrogen-bond acceptors (Lipinski definition) is 5. The van der Waals surface area contributed by atoms with Gasteiger partial charge in [0.25, 0.3) is 5.91 Å². The van der Waals surface area contributed by atoms with E-state index in [0.717, 1.165) is 5.56 Å². The number of hydrogen-bond donors (Lipinski definition) is 2. The van der Waals surface area contributed by atoms with E-state index in [1.165, 1.54) is 0 Å². The van der Waals surface area contributed by atoms with Gasteiger partial charge in [-0.05, 0) is 25.0 Å². The lowest BCUT2D eigenvalue weighted by atomic mass is 10.1. The number of para-hydroxylation sites is 1. The Morgan fingerprint density at radius 3 is 2.76 bits per heavy atom. The van der Waals surface area contributed by atoms with Crippen LogP contribution in [0, 0.1) is 0 Å². The first-order chi connectivity index (χ1) is 10.1. The zero-order valence-corrected chi connectivity index (χ0v) is 12.8. The number of benzene rings is 1. The predicted octanol–water partition coefficient (Wildman–Crippen LogP) is 0.726. The van der Waals surface area contributed by atoms with Crippen LogP contribution in [-0.4, -0.2) is 45.9 Å². The van der Waals surface area contributed by atoms with Gasteiger partial charge in [0.05, 0.1) is 13.7 Å². The molecule has 6 nitrogen and oxygen atoms in total. The second-order valence-electron chi connectivity index (χ2n) is 4.76. The van der Waals surface area contributed by atoms with Gasteiger partial charge in [0.1, 0.15) is 0 Å². The van der Waals surface area contributed by atoms with E-state index >= 15 is 0 Å². The molecule has 1 unspecified atom stereocenters. The third kappa shape index (κ3) is 6.01. The van der Waals surface area contributed by atoms with Gasteiger partial charge in [-0.3, -0.25) is 4.79 Å². The zero-order chi connectivity index (χ0) is 15.7. The van der Waals surface area contributed by atoms with E-state index in [4.69, 9.17) is 19.9 Å². The van der Waals surface area contributed by atoms with Crippen molar-refractivity contribution in [3.05, 3.63) is 23.8 Å². The molecule has 0 saturated heterocycles. The molecule has 0 heterocycles. The van der Waals surface area contributed by atoms with Crippen LogP contribution in [0.3, 0.4) is 0 Å². The molecule has 0 aliphatic heterocycles. The summed E-state index contributed by atoms with van der Waals surface area (Å²) in [5.41, 5.74) is 6.76. The first-order valence-electron chi connectivity index (χ1n) is 6.88. The Labute approximate surface area is 125 Å². The number of methoxy groups -OCH3 is 2. The Morgan fingerprint density at radius 2 is 2.14 bits per heavy atom. The number of ether oxygens (including phenoxy) is 3. The standard InChI is InChI=1S/C15H24N2O4/c1-11(16)9-12-5-4-6-13(20-3)15(12)21-10-14(18)17-7-8-19-2/h4-6,11H,7-10,16H2,1-3H3,(H,17,18). The van der Waals surface area contributed by atoms with E-state index in [9.17, 15) is 4.79 Å². The lowest BCUT2D eigenvalue weighted by molar-refractivity contribution is -0.123. The maximum Gasteiger partial charge on any atom is 0.258 e. The Morgan fingerprint density at radius 1 is 1.38 bits per heavy atom. The minimum absolute atomic E-state index is 0.00464. The topological polar surface area (TPSA) is 82.8 Å². The normalized spacial score (nSPS) is 11.8. The van der Waals surface area contributed by atoms with Crippen LogP contribution in [-0.2, 0) is 16.0 Å². The van der Waals surface area contributed by atoms with Crippen LogP contribution >= 0.6 is 0 Å². The fourth-order valence-corrected chi connectivity index (χ4v) is 1.87. The van der Waals surface area contributed by atoms with E-state index < -0.39 is 0 Å². The highest BCUT2D eigenvalue weighted by Gasteiger charge is 2.13. The van der Waals surface area contributed by atoms with Crippen molar-refractivity contribution in [2.24, 2.45) is 5.73 Å². The molecule has 1 rings (SSSR count). The van der Waals surface area contributed by atoms with Crippen molar-refractivity contribution in [1.29, 1.82) is 0 Å². The van der Waals surface area contributed by atoms with E-state index in [0.29, 0.717) is 31.1 Å². The van der Waals surface area contributed by atoms with Gasteiger partial charge in [-0.2, -0.15) is 0 Å². The number of carbonyl (C=O) groups is 1. The summed E-state index contributed by atoms with van der Waals surface area (Å²) in [6.07, 6.45) is 0.651. The second-order valence-corrected chi connectivity index (χ2v) is 4.76. The highest BCUT2D eigenvalue weighted by molar-refractivity contribution is 5.77. The SMILES string of the molecule is COCCNC(=O)COc1c(CC(C)N)cccc1OC. The summed E-state index contributed by atoms with van der Waals surface area (Å²) in [5, 5.41) is 2.70. The molecule has 0 fully saturated rings. The van der Waals surface area contributed by atoms with Gasteiger partial charge in [0.15, 0.2) is 18.1 Å². The van der Waals surface area contributed by atoms with Crippen LogP contribution in [0.25, 0.3) is 0 Å². The van der Waals surface area contributed by atoms with Crippen LogP contribution in [0.4, 0.5) is 0 Å². The van der Waals surface area contributed by atoms with E-state index in [-0.39, 0.29) is 18.6 Å². The maximum atomic E-state index is 11.7. The maximum absolute atomic E-state index is 11.7. The molecule has 0 aliphatic rings. The highest BCUT2D eigenvalue weighted by atomic mass is 16.5. The van der Waals surface area contributed by atoms with Gasteiger partial charge in [-0.15, -0.1) is 0 Å². The average molecular weight is 296 g/mol. The van der Waals surface area contributed by atoms with Crippen LogP contribution in [0.15, 0.2) is 18.2 Å². The van der Waals surface area contributed by atoms with Gasteiger partial charge in [0.2, 0.25) is 0 Å². The molecule has 0 aliphatic carbocycles. The van der Waals surface area contributed by atoms with Crippen molar-refractivity contribution in [3.8, 4) is 11.5 Å². The van der Waals surface area contributed by atoms with Crippen molar-refractivity contribution >= 4 is 5.91 Å². The Hall–Kier alpha value is -1.79. The van der Waals surface area contributed by atoms with Crippen molar-refractivity contribution in [2.45, 2.75) is 19.4 Å². The highest BCUT2D eigenvalue weighted by Crippen LogP contribution is 2.31. The molecule has 0 saturated carbocycles. The molecule has 118 valence electrons. The minimum Gasteiger partial charge on any atom is -0.493 e. The number of amides is 1. The lowest BCUT2D eigenvalue weighted by Gasteiger charge is -2.16. The van der Waals surface area contributed by atoms with Crippen molar-refractivity contribution in [1.82, 2.24) is 5.32 Å². The monoisotopic (exact) mass is 296 g/mol. The summed E-state index contributed by atoms with van der Waals surface area (Å²) >= 11 is 0. The lowest BCUT2D eigenvalue weighted by Crippen LogP contribution is -2.31. The second kappa shape index (κ2) is 9.20. The van der Waals surface area contributed by atoms with Crippen molar-refractivity contribution < 1.29 is 19.0 Å². The molecule has 0 radical (unpaired) electrons. The van der Waals surface area contributed by atoms with Gasteiger partial charge in [0, 0.05) is 19.7 Å². The number of carbonyl (C=O) groups excluding carboxylic acids is 1. The molecule has 6 heteroatoms. The Bertz CT molecular complexity index is 449. The molecule has 3 N–H and O–H groups in total. The summed E-state index contributed by atoms with van der Waals surface area (Å²) in [5.74, 6) is 0.960. The molecular formula is C15H24N2O4. The molecule has 1 atom stereocenters. The summed E-state index contributed by atoms with van der Waals surface area (Å²) in [4.78, 5) is 11.7. The van der Waals surface area contributed by atoms with Crippen LogP contribution in [0.2, 0.25) is 0 Å². The third-order valence-corrected chi connectivity index (χ3v) is 2.80. The Kier molecular flexibility index (Phi) is 7.56. The molecule has 0 aromatic heterocycles. The quantitative estimate of drug-likeness (QED) is 0.656. The molecule has 0 bridgehead atoms. The summed E-state index contributed by atoms with van der Waals surface area (Å²) < 4.78 is 15.8. The van der Waals surface area contributed by atoms with E-state index in [1.807, 2.05) is 19.1 Å². The first kappa shape index (κ1) is 17.3. The number of nitrogens with one attached hydrogen (secondary N) is 1. The largest absolute Gasteiger partial charge is 0.493 e. The summed E-state index contributed by atoms with van der Waals surface area (Å²) in [6, 6.07) is 5.59. The molecule has 1 amide bonds. The fraction of sp³-hybridized carbons (Fsp3) is 0.533. The predicted molar refractivity (Wildman–Crippen MR) is 80.7 cm³/mol. The van der Waals surface area contributed by atoms with Crippen LogP contribution < -0.4 is 20.5 Å². The van der Waals surface area contributed by atoms with Gasteiger partial charge >= 0.3 is 0 Å². The van der Waals surface area contributed by atoms with E-state index in [2.05, 4.69) is 5.32 Å².